The van der Waals surface area contributed by atoms with Gasteiger partial charge in [-0.2, -0.15) is 0 Å². The van der Waals surface area contributed by atoms with Gasteiger partial charge in [-0.1, -0.05) is 29.8 Å². The summed E-state index contributed by atoms with van der Waals surface area (Å²) in [5.74, 6) is 0.331. The number of carbonyl (C=O) groups excluding carboxylic acids is 2. The smallest absolute Gasteiger partial charge is 0.293 e. The molecule has 1 saturated heterocycles. The number of thioether (sulfide) groups is 1. The van der Waals surface area contributed by atoms with Gasteiger partial charge >= 0.3 is 0 Å². The maximum atomic E-state index is 12.3. The van der Waals surface area contributed by atoms with Crippen molar-refractivity contribution in [2.24, 2.45) is 0 Å². The number of carbonyl (C=O) groups is 2. The van der Waals surface area contributed by atoms with Gasteiger partial charge in [-0.3, -0.25) is 14.5 Å². The normalized spacial score (nSPS) is 15.4. The van der Waals surface area contributed by atoms with Gasteiger partial charge in [0.15, 0.2) is 0 Å². The van der Waals surface area contributed by atoms with Crippen LogP contribution < -0.4 is 4.74 Å². The van der Waals surface area contributed by atoms with Crippen molar-refractivity contribution in [1.82, 2.24) is 4.90 Å². The van der Waals surface area contributed by atoms with Crippen molar-refractivity contribution in [3.05, 3.63) is 79.1 Å². The molecule has 144 valence electrons. The molecule has 1 fully saturated rings. The second-order valence-electron chi connectivity index (χ2n) is 5.81. The molecule has 1 heterocycles. The summed E-state index contributed by atoms with van der Waals surface area (Å²) in [6.07, 6.45) is 3.21. The van der Waals surface area contributed by atoms with Crippen LogP contribution >= 0.6 is 55.2 Å². The molecule has 2 aromatic rings. The fraction of sp³-hybridized carbons (Fsp3) is 0.100. The molecular weight excluding hydrogens is 530 g/mol. The van der Waals surface area contributed by atoms with E-state index >= 15 is 0 Å². The summed E-state index contributed by atoms with van der Waals surface area (Å²) in [5, 5.41) is 0.380. The monoisotopic (exact) mass is 541 g/mol. The molecule has 2 aromatic carbocycles. The Labute approximate surface area is 188 Å². The topological polar surface area (TPSA) is 46.6 Å². The lowest BCUT2D eigenvalue weighted by Gasteiger charge is -2.12. The first-order valence-corrected chi connectivity index (χ1v) is 10.9. The van der Waals surface area contributed by atoms with Crippen LogP contribution in [0.3, 0.4) is 0 Å². The quantitative estimate of drug-likeness (QED) is 0.302. The maximum absolute atomic E-state index is 12.3. The molecule has 0 unspecified atom stereocenters. The fourth-order valence-electron chi connectivity index (χ4n) is 2.47. The predicted octanol–water partition coefficient (Wildman–Crippen LogP) is 6.67. The van der Waals surface area contributed by atoms with Gasteiger partial charge in [-0.15, -0.1) is 6.58 Å². The van der Waals surface area contributed by atoms with Gasteiger partial charge in [-0.05, 0) is 85.1 Å². The third-order valence-electron chi connectivity index (χ3n) is 3.80. The van der Waals surface area contributed by atoms with Crippen LogP contribution in [0, 0.1) is 0 Å². The summed E-state index contributed by atoms with van der Waals surface area (Å²) in [5.41, 5.74) is 1.75. The average molecular weight is 544 g/mol. The molecule has 0 bridgehead atoms. The Balaban J connectivity index is 1.78. The molecule has 0 radical (unpaired) electrons. The van der Waals surface area contributed by atoms with Crippen molar-refractivity contribution in [2.45, 2.75) is 6.61 Å². The maximum Gasteiger partial charge on any atom is 0.293 e. The molecule has 0 aromatic heterocycles. The molecule has 0 spiro atoms. The minimum absolute atomic E-state index is 0.201. The van der Waals surface area contributed by atoms with Crippen molar-refractivity contribution in [3.63, 3.8) is 0 Å². The first kappa shape index (κ1) is 21.2. The van der Waals surface area contributed by atoms with Crippen LogP contribution in [0.25, 0.3) is 6.08 Å². The zero-order valence-corrected chi connectivity index (χ0v) is 19.2. The van der Waals surface area contributed by atoms with Crippen molar-refractivity contribution < 1.29 is 14.3 Å². The van der Waals surface area contributed by atoms with Crippen LogP contribution in [0.1, 0.15) is 11.1 Å². The highest BCUT2D eigenvalue weighted by molar-refractivity contribution is 9.11. The molecule has 0 atom stereocenters. The molecule has 28 heavy (non-hydrogen) atoms. The molecule has 0 N–H and O–H groups in total. The number of halogens is 3. The zero-order chi connectivity index (χ0) is 20.3. The van der Waals surface area contributed by atoms with E-state index in [9.17, 15) is 9.59 Å². The number of ether oxygens (including phenoxy) is 1. The largest absolute Gasteiger partial charge is 0.487 e. The molecule has 2 amide bonds. The summed E-state index contributed by atoms with van der Waals surface area (Å²) in [6.45, 7) is 4.16. The first-order chi connectivity index (χ1) is 13.4. The SMILES string of the molecule is C=CCN1C(=O)S/C(=C/c2cc(Br)c(OCc3ccc(Cl)cc3)c(Br)c2)C1=O. The summed E-state index contributed by atoms with van der Waals surface area (Å²) < 4.78 is 7.36. The Morgan fingerprint density at radius 3 is 2.39 bits per heavy atom. The minimum atomic E-state index is -0.315. The second-order valence-corrected chi connectivity index (χ2v) is 8.95. The van der Waals surface area contributed by atoms with E-state index in [2.05, 4.69) is 38.4 Å². The van der Waals surface area contributed by atoms with Crippen molar-refractivity contribution >= 4 is 72.4 Å². The van der Waals surface area contributed by atoms with E-state index in [1.807, 2.05) is 36.4 Å². The molecule has 4 nitrogen and oxygen atoms in total. The van der Waals surface area contributed by atoms with Crippen molar-refractivity contribution in [2.75, 3.05) is 6.54 Å². The molecule has 0 aliphatic carbocycles. The van der Waals surface area contributed by atoms with Gasteiger partial charge in [0.2, 0.25) is 0 Å². The lowest BCUT2D eigenvalue weighted by atomic mass is 10.2. The number of hydrogen-bond acceptors (Lipinski definition) is 4. The Bertz CT molecular complexity index is 953. The summed E-state index contributed by atoms with van der Waals surface area (Å²) in [7, 11) is 0. The highest BCUT2D eigenvalue weighted by Crippen LogP contribution is 2.38. The van der Waals surface area contributed by atoms with E-state index < -0.39 is 0 Å². The lowest BCUT2D eigenvalue weighted by Crippen LogP contribution is -2.27. The van der Waals surface area contributed by atoms with E-state index in [4.69, 9.17) is 16.3 Å². The Morgan fingerprint density at radius 1 is 1.14 bits per heavy atom. The highest BCUT2D eigenvalue weighted by Gasteiger charge is 2.34. The van der Waals surface area contributed by atoms with Gasteiger partial charge in [0.05, 0.1) is 13.9 Å². The number of nitrogens with zero attached hydrogens (tertiary/aromatic N) is 1. The standard InChI is InChI=1S/C20H14Br2ClNO3S/c1-2-7-24-19(25)17(28-20(24)26)10-13-8-15(21)18(16(22)9-13)27-11-12-3-5-14(23)6-4-12/h2-6,8-10H,1,7,11H2/b17-10+. The van der Waals surface area contributed by atoms with Crippen LogP contribution in [-0.2, 0) is 11.4 Å². The third kappa shape index (κ3) is 4.89. The van der Waals surface area contributed by atoms with Crippen molar-refractivity contribution in [3.8, 4) is 5.75 Å². The van der Waals surface area contributed by atoms with Gasteiger partial charge in [0, 0.05) is 11.6 Å². The van der Waals surface area contributed by atoms with Crippen molar-refractivity contribution in [1.29, 1.82) is 0 Å². The summed E-state index contributed by atoms with van der Waals surface area (Å²) in [4.78, 5) is 25.8. The fourth-order valence-corrected chi connectivity index (χ4v) is 4.90. The highest BCUT2D eigenvalue weighted by atomic mass is 79.9. The van der Waals surface area contributed by atoms with Gasteiger partial charge in [-0.25, -0.2) is 0 Å². The first-order valence-electron chi connectivity index (χ1n) is 8.11. The molecule has 8 heteroatoms. The van der Waals surface area contributed by atoms with Crippen LogP contribution in [0.5, 0.6) is 5.75 Å². The molecular formula is C20H14Br2ClNO3S. The molecule has 0 saturated carbocycles. The van der Waals surface area contributed by atoms with Gasteiger partial charge in [0.1, 0.15) is 12.4 Å². The molecule has 1 aliphatic heterocycles. The van der Waals surface area contributed by atoms with E-state index in [-0.39, 0.29) is 17.7 Å². The van der Waals surface area contributed by atoms with Crippen LogP contribution in [0.2, 0.25) is 5.02 Å². The Morgan fingerprint density at radius 2 is 1.79 bits per heavy atom. The number of imide groups is 1. The van der Waals surface area contributed by atoms with E-state index in [0.717, 1.165) is 36.7 Å². The van der Waals surface area contributed by atoms with E-state index in [0.29, 0.717) is 22.3 Å². The van der Waals surface area contributed by atoms with E-state index in [1.54, 1.807) is 6.08 Å². The summed E-state index contributed by atoms with van der Waals surface area (Å²) in [6, 6.07) is 11.1. The second kappa shape index (κ2) is 9.31. The van der Waals surface area contributed by atoms with Crippen LogP contribution in [-0.4, -0.2) is 22.6 Å². The predicted molar refractivity (Wildman–Crippen MR) is 121 cm³/mol. The van der Waals surface area contributed by atoms with Crippen LogP contribution in [0.15, 0.2) is 62.9 Å². The number of amides is 2. The molecule has 1 aliphatic rings. The molecule has 3 rings (SSSR count). The van der Waals surface area contributed by atoms with Crippen LogP contribution in [0.4, 0.5) is 4.79 Å². The van der Waals surface area contributed by atoms with E-state index in [1.165, 1.54) is 6.08 Å². The number of benzene rings is 2. The van der Waals surface area contributed by atoms with Gasteiger partial charge < -0.3 is 4.74 Å². The lowest BCUT2D eigenvalue weighted by molar-refractivity contribution is -0.122. The minimum Gasteiger partial charge on any atom is -0.487 e. The summed E-state index contributed by atoms with van der Waals surface area (Å²) >= 11 is 13.8. The Kier molecular flexibility index (Phi) is 7.04. The zero-order valence-electron chi connectivity index (χ0n) is 14.5. The third-order valence-corrected chi connectivity index (χ3v) is 6.14. The number of hydrogen-bond donors (Lipinski definition) is 0. The van der Waals surface area contributed by atoms with Gasteiger partial charge in [0.25, 0.3) is 11.1 Å². The number of rotatable bonds is 6. The Hall–Kier alpha value is -1.54. The average Bonchev–Trinajstić information content (AvgIpc) is 2.90.